The second kappa shape index (κ2) is 4.07. The van der Waals surface area contributed by atoms with Crippen LogP contribution >= 0.6 is 23.2 Å². The van der Waals surface area contributed by atoms with Gasteiger partial charge in [-0.3, -0.25) is 0 Å². The van der Waals surface area contributed by atoms with Crippen molar-refractivity contribution in [1.29, 1.82) is 0 Å². The van der Waals surface area contributed by atoms with Crippen molar-refractivity contribution in [3.8, 4) is 5.75 Å². The minimum absolute atomic E-state index is 0.160. The van der Waals surface area contributed by atoms with E-state index >= 15 is 0 Å². The smallest absolute Gasteiger partial charge is 0.387 e. The highest BCUT2D eigenvalue weighted by Crippen LogP contribution is 2.30. The Morgan fingerprint density at radius 2 is 1.77 bits per heavy atom. The van der Waals surface area contributed by atoms with E-state index in [0.29, 0.717) is 6.07 Å². The number of hydrogen-bond acceptors (Lipinski definition) is 1. The van der Waals surface area contributed by atoms with Crippen LogP contribution in [-0.2, 0) is 0 Å². The average Bonchev–Trinajstić information content (AvgIpc) is 1.99. The second-order valence-electron chi connectivity index (χ2n) is 2.08. The highest BCUT2D eigenvalue weighted by atomic mass is 35.5. The van der Waals surface area contributed by atoms with Crippen molar-refractivity contribution in [2.24, 2.45) is 0 Å². The van der Waals surface area contributed by atoms with Gasteiger partial charge in [0, 0.05) is 6.07 Å². The standard InChI is InChI=1S/C7H3Cl2F3O/c8-3-1-4(9)6(2-5(3)10)13-7(11)12/h1-2,7H. The maximum atomic E-state index is 12.7. The van der Waals surface area contributed by atoms with Gasteiger partial charge in [0.1, 0.15) is 11.6 Å². The predicted molar refractivity (Wildman–Crippen MR) is 43.1 cm³/mol. The van der Waals surface area contributed by atoms with Gasteiger partial charge < -0.3 is 4.74 Å². The van der Waals surface area contributed by atoms with E-state index in [2.05, 4.69) is 4.74 Å². The Hall–Kier alpha value is -0.610. The van der Waals surface area contributed by atoms with Crippen molar-refractivity contribution < 1.29 is 17.9 Å². The normalized spacial score (nSPS) is 10.6. The van der Waals surface area contributed by atoms with Crippen LogP contribution in [0, 0.1) is 5.82 Å². The predicted octanol–water partition coefficient (Wildman–Crippen LogP) is 3.73. The van der Waals surface area contributed by atoms with Gasteiger partial charge in [0.25, 0.3) is 0 Å². The molecule has 0 amide bonds. The molecule has 0 aliphatic carbocycles. The average molecular weight is 231 g/mol. The topological polar surface area (TPSA) is 9.23 Å². The number of alkyl halides is 2. The molecule has 1 aromatic rings. The van der Waals surface area contributed by atoms with Crippen LogP contribution in [0.25, 0.3) is 0 Å². The lowest BCUT2D eigenvalue weighted by atomic mass is 10.3. The Labute approximate surface area is 82.0 Å². The fourth-order valence-corrected chi connectivity index (χ4v) is 1.12. The molecule has 0 heterocycles. The van der Waals surface area contributed by atoms with E-state index in [1.807, 2.05) is 0 Å². The fraction of sp³-hybridized carbons (Fsp3) is 0.143. The van der Waals surface area contributed by atoms with Gasteiger partial charge in [0.15, 0.2) is 0 Å². The molecule has 0 N–H and O–H groups in total. The van der Waals surface area contributed by atoms with Gasteiger partial charge >= 0.3 is 6.61 Å². The zero-order valence-electron chi connectivity index (χ0n) is 6.03. The van der Waals surface area contributed by atoms with Gasteiger partial charge in [-0.2, -0.15) is 8.78 Å². The Morgan fingerprint density at radius 3 is 2.31 bits per heavy atom. The molecule has 0 aromatic heterocycles. The number of hydrogen-bond donors (Lipinski definition) is 0. The fourth-order valence-electron chi connectivity index (χ4n) is 0.691. The molecule has 0 fully saturated rings. The molecule has 0 aliphatic rings. The summed E-state index contributed by atoms with van der Waals surface area (Å²) in [6.45, 7) is -3.04. The molecule has 1 aromatic carbocycles. The third-order valence-corrected chi connectivity index (χ3v) is 1.78. The summed E-state index contributed by atoms with van der Waals surface area (Å²) in [5.41, 5.74) is 0. The quantitative estimate of drug-likeness (QED) is 0.704. The highest BCUT2D eigenvalue weighted by Gasteiger charge is 2.11. The molecule has 1 rings (SSSR count). The molecule has 6 heteroatoms. The second-order valence-corrected chi connectivity index (χ2v) is 2.89. The van der Waals surface area contributed by atoms with E-state index in [9.17, 15) is 13.2 Å². The van der Waals surface area contributed by atoms with Crippen LogP contribution in [0.1, 0.15) is 0 Å². The maximum absolute atomic E-state index is 12.7. The van der Waals surface area contributed by atoms with Gasteiger partial charge in [-0.25, -0.2) is 4.39 Å². The number of halogens is 5. The van der Waals surface area contributed by atoms with Gasteiger partial charge in [0.05, 0.1) is 10.0 Å². The van der Waals surface area contributed by atoms with E-state index in [1.54, 1.807) is 0 Å². The van der Waals surface area contributed by atoms with Crippen molar-refractivity contribution in [3.05, 3.63) is 28.0 Å². The monoisotopic (exact) mass is 230 g/mol. The number of ether oxygens (including phenoxy) is 1. The van der Waals surface area contributed by atoms with Gasteiger partial charge in [-0.05, 0) is 6.07 Å². The SMILES string of the molecule is Fc1cc(OC(F)F)c(Cl)cc1Cl. The van der Waals surface area contributed by atoms with Crippen LogP contribution < -0.4 is 4.74 Å². The van der Waals surface area contributed by atoms with Crippen LogP contribution in [-0.4, -0.2) is 6.61 Å². The summed E-state index contributed by atoms with van der Waals surface area (Å²) in [7, 11) is 0. The number of benzene rings is 1. The summed E-state index contributed by atoms with van der Waals surface area (Å²) in [5.74, 6) is -1.29. The first-order chi connectivity index (χ1) is 6.00. The molecule has 0 saturated carbocycles. The number of rotatable bonds is 2. The van der Waals surface area contributed by atoms with E-state index in [0.717, 1.165) is 6.07 Å². The largest absolute Gasteiger partial charge is 0.433 e. The van der Waals surface area contributed by atoms with Gasteiger partial charge in [-0.1, -0.05) is 23.2 Å². The Morgan fingerprint density at radius 1 is 1.15 bits per heavy atom. The minimum Gasteiger partial charge on any atom is -0.433 e. The Balaban J connectivity index is 3.01. The third kappa shape index (κ3) is 2.67. The lowest BCUT2D eigenvalue weighted by molar-refractivity contribution is -0.0499. The van der Waals surface area contributed by atoms with Crippen LogP contribution in [0.2, 0.25) is 10.0 Å². The van der Waals surface area contributed by atoms with E-state index in [-0.39, 0.29) is 10.0 Å². The molecule has 0 aliphatic heterocycles. The molecule has 0 unspecified atom stereocenters. The zero-order chi connectivity index (χ0) is 10.0. The summed E-state index contributed by atoms with van der Waals surface area (Å²) in [4.78, 5) is 0. The lowest BCUT2D eigenvalue weighted by Crippen LogP contribution is -2.02. The molecule has 13 heavy (non-hydrogen) atoms. The molecule has 1 nitrogen and oxygen atoms in total. The lowest BCUT2D eigenvalue weighted by Gasteiger charge is -2.06. The van der Waals surface area contributed by atoms with Crippen molar-refractivity contribution >= 4 is 23.2 Å². The summed E-state index contributed by atoms with van der Waals surface area (Å²) in [6, 6.07) is 1.70. The Kier molecular flexibility index (Phi) is 3.27. The van der Waals surface area contributed by atoms with E-state index in [4.69, 9.17) is 23.2 Å². The van der Waals surface area contributed by atoms with Gasteiger partial charge in [0.2, 0.25) is 0 Å². The highest BCUT2D eigenvalue weighted by molar-refractivity contribution is 6.35. The van der Waals surface area contributed by atoms with Crippen LogP contribution in [0.4, 0.5) is 13.2 Å². The third-order valence-electron chi connectivity index (χ3n) is 1.19. The Bertz CT molecular complexity index is 317. The summed E-state index contributed by atoms with van der Waals surface area (Å²) in [6.07, 6.45) is 0. The molecule has 0 bridgehead atoms. The van der Waals surface area contributed by atoms with E-state index in [1.165, 1.54) is 0 Å². The first-order valence-electron chi connectivity index (χ1n) is 3.10. The molecule has 0 radical (unpaired) electrons. The maximum Gasteiger partial charge on any atom is 0.387 e. The first kappa shape index (κ1) is 10.5. The molecule has 0 atom stereocenters. The first-order valence-corrected chi connectivity index (χ1v) is 3.85. The summed E-state index contributed by atoms with van der Waals surface area (Å²) < 4.78 is 40.0. The van der Waals surface area contributed by atoms with Crippen LogP contribution in [0.5, 0.6) is 5.75 Å². The molecule has 72 valence electrons. The van der Waals surface area contributed by atoms with E-state index < -0.39 is 18.2 Å². The van der Waals surface area contributed by atoms with Gasteiger partial charge in [-0.15, -0.1) is 0 Å². The molecular formula is C7H3Cl2F3O. The van der Waals surface area contributed by atoms with Crippen molar-refractivity contribution in [3.63, 3.8) is 0 Å². The van der Waals surface area contributed by atoms with Crippen molar-refractivity contribution in [2.75, 3.05) is 0 Å². The molecule has 0 spiro atoms. The van der Waals surface area contributed by atoms with Crippen LogP contribution in [0.3, 0.4) is 0 Å². The van der Waals surface area contributed by atoms with Crippen LogP contribution in [0.15, 0.2) is 12.1 Å². The van der Waals surface area contributed by atoms with Crippen molar-refractivity contribution in [1.82, 2.24) is 0 Å². The molecule has 0 saturated heterocycles. The van der Waals surface area contributed by atoms with Crippen molar-refractivity contribution in [2.45, 2.75) is 6.61 Å². The summed E-state index contributed by atoms with van der Waals surface area (Å²) >= 11 is 10.8. The zero-order valence-corrected chi connectivity index (χ0v) is 7.54. The summed E-state index contributed by atoms with van der Waals surface area (Å²) in [5, 5.41) is -0.404. The molecular weight excluding hydrogens is 228 g/mol. The minimum atomic E-state index is -3.04.